The summed E-state index contributed by atoms with van der Waals surface area (Å²) in [7, 11) is 0. The first-order valence-electron chi connectivity index (χ1n) is 7.10. The SMILES string of the molecule is Nc1ccccc1OCC(O)COCC1CCCCO1. The predicted octanol–water partition coefficient (Wildman–Crippen LogP) is 1.59. The second kappa shape index (κ2) is 8.09. The second-order valence-electron chi connectivity index (χ2n) is 5.03. The molecule has 0 radical (unpaired) electrons. The fourth-order valence-electron chi connectivity index (χ4n) is 2.12. The van der Waals surface area contributed by atoms with E-state index in [9.17, 15) is 5.11 Å². The van der Waals surface area contributed by atoms with Crippen LogP contribution in [0.15, 0.2) is 24.3 Å². The van der Waals surface area contributed by atoms with E-state index in [1.807, 2.05) is 12.1 Å². The molecule has 1 saturated heterocycles. The van der Waals surface area contributed by atoms with Gasteiger partial charge in [0.2, 0.25) is 0 Å². The zero-order valence-electron chi connectivity index (χ0n) is 11.7. The standard InChI is InChI=1S/C15H23NO4/c16-14-6-1-2-7-15(14)20-10-12(17)9-18-11-13-5-3-4-8-19-13/h1-2,6-7,12-13,17H,3-5,8-11,16H2. The number of nitrogen functional groups attached to an aromatic ring is 1. The molecular weight excluding hydrogens is 258 g/mol. The Balaban J connectivity index is 1.60. The van der Waals surface area contributed by atoms with Crippen molar-refractivity contribution in [3.05, 3.63) is 24.3 Å². The van der Waals surface area contributed by atoms with Crippen LogP contribution in [0.5, 0.6) is 5.75 Å². The molecule has 2 rings (SSSR count). The highest BCUT2D eigenvalue weighted by Gasteiger charge is 2.15. The molecule has 112 valence electrons. The molecule has 2 atom stereocenters. The number of aliphatic hydroxyl groups excluding tert-OH is 1. The van der Waals surface area contributed by atoms with Crippen LogP contribution in [0.3, 0.4) is 0 Å². The summed E-state index contributed by atoms with van der Waals surface area (Å²) in [6.07, 6.45) is 2.85. The van der Waals surface area contributed by atoms with Crippen LogP contribution in [-0.2, 0) is 9.47 Å². The largest absolute Gasteiger partial charge is 0.489 e. The maximum atomic E-state index is 9.80. The van der Waals surface area contributed by atoms with E-state index in [1.54, 1.807) is 12.1 Å². The van der Waals surface area contributed by atoms with E-state index in [0.717, 1.165) is 19.4 Å². The van der Waals surface area contributed by atoms with Gasteiger partial charge in [0.15, 0.2) is 0 Å². The number of benzene rings is 1. The van der Waals surface area contributed by atoms with E-state index in [-0.39, 0.29) is 19.3 Å². The normalized spacial score (nSPS) is 20.6. The van der Waals surface area contributed by atoms with Gasteiger partial charge in [0.1, 0.15) is 18.5 Å². The maximum absolute atomic E-state index is 9.80. The molecule has 1 aromatic rings. The minimum absolute atomic E-state index is 0.166. The van der Waals surface area contributed by atoms with E-state index >= 15 is 0 Å². The lowest BCUT2D eigenvalue weighted by atomic mass is 10.1. The lowest BCUT2D eigenvalue weighted by Gasteiger charge is -2.23. The third-order valence-electron chi connectivity index (χ3n) is 3.24. The van der Waals surface area contributed by atoms with Crippen LogP contribution >= 0.6 is 0 Å². The summed E-state index contributed by atoms with van der Waals surface area (Å²) in [6.45, 7) is 1.75. The topological polar surface area (TPSA) is 73.9 Å². The summed E-state index contributed by atoms with van der Waals surface area (Å²) in [6, 6.07) is 7.22. The van der Waals surface area contributed by atoms with Crippen LogP contribution in [0.25, 0.3) is 0 Å². The Morgan fingerprint density at radius 2 is 2.15 bits per heavy atom. The van der Waals surface area contributed by atoms with Gasteiger partial charge >= 0.3 is 0 Å². The number of aliphatic hydroxyl groups is 1. The molecule has 5 heteroatoms. The van der Waals surface area contributed by atoms with Crippen LogP contribution in [0.2, 0.25) is 0 Å². The van der Waals surface area contributed by atoms with E-state index in [2.05, 4.69) is 0 Å². The summed E-state index contributed by atoms with van der Waals surface area (Å²) in [4.78, 5) is 0. The monoisotopic (exact) mass is 281 g/mol. The Labute approximate surface area is 119 Å². The Morgan fingerprint density at radius 3 is 2.90 bits per heavy atom. The number of rotatable bonds is 7. The Bertz CT molecular complexity index is 393. The third kappa shape index (κ3) is 5.00. The zero-order chi connectivity index (χ0) is 14.2. The van der Waals surface area contributed by atoms with Crippen molar-refractivity contribution >= 4 is 5.69 Å². The van der Waals surface area contributed by atoms with Crippen LogP contribution in [0.4, 0.5) is 5.69 Å². The van der Waals surface area contributed by atoms with Crippen LogP contribution < -0.4 is 10.5 Å². The number of ether oxygens (including phenoxy) is 3. The lowest BCUT2D eigenvalue weighted by molar-refractivity contribution is -0.0617. The van der Waals surface area contributed by atoms with Crippen molar-refractivity contribution in [2.45, 2.75) is 31.5 Å². The average Bonchev–Trinajstić information content (AvgIpc) is 2.47. The molecule has 1 aliphatic heterocycles. The molecule has 3 N–H and O–H groups in total. The van der Waals surface area contributed by atoms with Crippen molar-refractivity contribution in [3.63, 3.8) is 0 Å². The third-order valence-corrected chi connectivity index (χ3v) is 3.24. The molecule has 0 saturated carbocycles. The van der Waals surface area contributed by atoms with E-state index in [4.69, 9.17) is 19.9 Å². The van der Waals surface area contributed by atoms with Gasteiger partial charge in [-0.3, -0.25) is 0 Å². The minimum atomic E-state index is -0.668. The van der Waals surface area contributed by atoms with E-state index < -0.39 is 6.10 Å². The van der Waals surface area contributed by atoms with Gasteiger partial charge in [0, 0.05) is 6.61 Å². The first-order chi connectivity index (χ1) is 9.75. The number of anilines is 1. The quantitative estimate of drug-likeness (QED) is 0.743. The molecule has 1 heterocycles. The summed E-state index contributed by atoms with van der Waals surface area (Å²) in [5.41, 5.74) is 6.32. The summed E-state index contributed by atoms with van der Waals surface area (Å²) < 4.78 is 16.5. The first kappa shape index (κ1) is 15.1. The van der Waals surface area contributed by atoms with E-state index in [1.165, 1.54) is 6.42 Å². The number of nitrogens with two attached hydrogens (primary N) is 1. The summed E-state index contributed by atoms with van der Waals surface area (Å²) >= 11 is 0. The highest BCUT2D eigenvalue weighted by atomic mass is 16.5. The molecule has 0 aromatic heterocycles. The Morgan fingerprint density at radius 1 is 1.30 bits per heavy atom. The molecule has 0 spiro atoms. The number of para-hydroxylation sites is 2. The second-order valence-corrected chi connectivity index (χ2v) is 5.03. The van der Waals surface area contributed by atoms with Gasteiger partial charge in [0.25, 0.3) is 0 Å². The van der Waals surface area contributed by atoms with Crippen molar-refractivity contribution in [2.24, 2.45) is 0 Å². The molecule has 0 aliphatic carbocycles. The first-order valence-corrected chi connectivity index (χ1v) is 7.10. The lowest BCUT2D eigenvalue weighted by Crippen LogP contribution is -2.29. The van der Waals surface area contributed by atoms with Crippen molar-refractivity contribution in [1.29, 1.82) is 0 Å². The molecule has 0 bridgehead atoms. The van der Waals surface area contributed by atoms with Gasteiger partial charge in [0.05, 0.1) is 25.0 Å². The van der Waals surface area contributed by atoms with Gasteiger partial charge in [-0.25, -0.2) is 0 Å². The van der Waals surface area contributed by atoms with Crippen LogP contribution in [0.1, 0.15) is 19.3 Å². The summed E-state index contributed by atoms with van der Waals surface area (Å²) in [5, 5.41) is 9.80. The van der Waals surface area contributed by atoms with Gasteiger partial charge in [-0.2, -0.15) is 0 Å². The Hall–Kier alpha value is -1.30. The predicted molar refractivity (Wildman–Crippen MR) is 76.8 cm³/mol. The molecule has 1 aromatic carbocycles. The molecule has 20 heavy (non-hydrogen) atoms. The summed E-state index contributed by atoms with van der Waals surface area (Å²) in [5.74, 6) is 0.585. The highest BCUT2D eigenvalue weighted by molar-refractivity contribution is 5.51. The fraction of sp³-hybridized carbons (Fsp3) is 0.600. The number of hydrogen-bond donors (Lipinski definition) is 2. The van der Waals surface area contributed by atoms with Crippen molar-refractivity contribution in [1.82, 2.24) is 0 Å². The molecule has 1 aliphatic rings. The minimum Gasteiger partial charge on any atom is -0.489 e. The van der Waals surface area contributed by atoms with Crippen LogP contribution in [-0.4, -0.2) is 43.7 Å². The molecular formula is C15H23NO4. The zero-order valence-corrected chi connectivity index (χ0v) is 11.7. The average molecular weight is 281 g/mol. The van der Waals surface area contributed by atoms with Crippen molar-refractivity contribution < 1.29 is 19.3 Å². The van der Waals surface area contributed by atoms with Crippen LogP contribution in [0, 0.1) is 0 Å². The highest BCUT2D eigenvalue weighted by Crippen LogP contribution is 2.19. The molecule has 1 fully saturated rings. The van der Waals surface area contributed by atoms with Crippen molar-refractivity contribution in [2.75, 3.05) is 32.2 Å². The molecule has 5 nitrogen and oxygen atoms in total. The molecule has 0 amide bonds. The van der Waals surface area contributed by atoms with Gasteiger partial charge in [-0.1, -0.05) is 12.1 Å². The van der Waals surface area contributed by atoms with E-state index in [0.29, 0.717) is 18.0 Å². The molecule has 2 unspecified atom stereocenters. The van der Waals surface area contributed by atoms with Gasteiger partial charge in [-0.15, -0.1) is 0 Å². The van der Waals surface area contributed by atoms with Crippen molar-refractivity contribution in [3.8, 4) is 5.75 Å². The Kier molecular flexibility index (Phi) is 6.11. The van der Waals surface area contributed by atoms with Gasteiger partial charge in [-0.05, 0) is 31.4 Å². The smallest absolute Gasteiger partial charge is 0.142 e. The fourth-order valence-corrected chi connectivity index (χ4v) is 2.12. The van der Waals surface area contributed by atoms with Gasteiger partial charge < -0.3 is 25.1 Å². The maximum Gasteiger partial charge on any atom is 0.142 e. The number of hydrogen-bond acceptors (Lipinski definition) is 5.